The van der Waals surface area contributed by atoms with Gasteiger partial charge >= 0.3 is 5.97 Å². The number of aromatic nitrogens is 1. The number of hydrogen-bond donors (Lipinski definition) is 1. The molecule has 0 amide bonds. The Morgan fingerprint density at radius 1 is 1.26 bits per heavy atom. The lowest BCUT2D eigenvalue weighted by Crippen LogP contribution is -2.06. The molecule has 1 N–H and O–H groups in total. The van der Waals surface area contributed by atoms with E-state index < -0.39 is 11.8 Å². The molecule has 1 aromatic heterocycles. The standard InChI is InChI=1S/C14H12FNO3/c1-8-5-11(15)3-4-12(8)16-7-10(9(2)17)6-13(16)14(18)19/h3-7H,1-2H3,(H,18,19). The number of halogens is 1. The minimum atomic E-state index is -1.14. The van der Waals surface area contributed by atoms with Gasteiger partial charge in [0.1, 0.15) is 11.5 Å². The topological polar surface area (TPSA) is 59.3 Å². The third-order valence-electron chi connectivity index (χ3n) is 2.86. The Hall–Kier alpha value is -2.43. The van der Waals surface area contributed by atoms with Gasteiger partial charge in [0.15, 0.2) is 5.78 Å². The SMILES string of the molecule is CC(=O)c1cc(C(=O)O)n(-c2ccc(F)cc2C)c1. The van der Waals surface area contributed by atoms with E-state index in [2.05, 4.69) is 0 Å². The van der Waals surface area contributed by atoms with Crippen molar-refractivity contribution in [1.82, 2.24) is 4.57 Å². The molecule has 98 valence electrons. The minimum Gasteiger partial charge on any atom is -0.477 e. The average molecular weight is 261 g/mol. The molecule has 0 aliphatic carbocycles. The van der Waals surface area contributed by atoms with Gasteiger partial charge in [-0.2, -0.15) is 0 Å². The number of nitrogens with zero attached hydrogens (tertiary/aromatic N) is 1. The molecule has 1 aromatic carbocycles. The van der Waals surface area contributed by atoms with Gasteiger partial charge in [0.05, 0.1) is 0 Å². The minimum absolute atomic E-state index is 0.0279. The number of carbonyl (C=O) groups is 2. The van der Waals surface area contributed by atoms with Crippen LogP contribution in [0.25, 0.3) is 5.69 Å². The number of hydrogen-bond acceptors (Lipinski definition) is 2. The molecule has 4 nitrogen and oxygen atoms in total. The fourth-order valence-electron chi connectivity index (χ4n) is 1.91. The lowest BCUT2D eigenvalue weighted by Gasteiger charge is -2.09. The summed E-state index contributed by atoms with van der Waals surface area (Å²) >= 11 is 0. The van der Waals surface area contributed by atoms with E-state index in [1.807, 2.05) is 0 Å². The number of carboxylic acid groups (broad SMARTS) is 1. The maximum atomic E-state index is 13.1. The summed E-state index contributed by atoms with van der Waals surface area (Å²) in [6.45, 7) is 3.04. The smallest absolute Gasteiger partial charge is 0.352 e. The zero-order chi connectivity index (χ0) is 14.2. The third-order valence-corrected chi connectivity index (χ3v) is 2.86. The second-order valence-corrected chi connectivity index (χ2v) is 4.28. The van der Waals surface area contributed by atoms with Gasteiger partial charge in [-0.15, -0.1) is 0 Å². The number of carbonyl (C=O) groups excluding carboxylic acids is 1. The Bertz CT molecular complexity index is 673. The summed E-state index contributed by atoms with van der Waals surface area (Å²) in [5.41, 5.74) is 1.40. The van der Waals surface area contributed by atoms with Gasteiger partial charge in [-0.05, 0) is 43.7 Å². The van der Waals surface area contributed by atoms with Crippen LogP contribution in [0.2, 0.25) is 0 Å². The summed E-state index contributed by atoms with van der Waals surface area (Å²) in [7, 11) is 0. The van der Waals surface area contributed by atoms with Crippen LogP contribution < -0.4 is 0 Å². The van der Waals surface area contributed by atoms with Crippen LogP contribution in [0.1, 0.15) is 33.3 Å². The second-order valence-electron chi connectivity index (χ2n) is 4.28. The first-order valence-corrected chi connectivity index (χ1v) is 5.63. The van der Waals surface area contributed by atoms with Gasteiger partial charge in [-0.3, -0.25) is 4.79 Å². The third kappa shape index (κ3) is 2.40. The molecular formula is C14H12FNO3. The Morgan fingerprint density at radius 2 is 1.95 bits per heavy atom. The van der Waals surface area contributed by atoms with Crippen molar-refractivity contribution < 1.29 is 19.1 Å². The predicted octanol–water partition coefficient (Wildman–Crippen LogP) is 2.83. The number of aromatic carboxylic acids is 1. The highest BCUT2D eigenvalue weighted by atomic mass is 19.1. The summed E-state index contributed by atoms with van der Waals surface area (Å²) in [6, 6.07) is 5.37. The number of benzene rings is 1. The van der Waals surface area contributed by atoms with Crippen LogP contribution in [0.4, 0.5) is 4.39 Å². The molecule has 0 bridgehead atoms. The van der Waals surface area contributed by atoms with Crippen LogP contribution in [0, 0.1) is 12.7 Å². The maximum Gasteiger partial charge on any atom is 0.352 e. The molecule has 1 heterocycles. The van der Waals surface area contributed by atoms with Crippen molar-refractivity contribution in [3.8, 4) is 5.69 Å². The molecule has 0 unspecified atom stereocenters. The van der Waals surface area contributed by atoms with Gasteiger partial charge < -0.3 is 9.67 Å². The highest BCUT2D eigenvalue weighted by Gasteiger charge is 2.17. The van der Waals surface area contributed by atoms with Crippen LogP contribution in [-0.4, -0.2) is 21.4 Å². The first kappa shape index (κ1) is 13.0. The van der Waals surface area contributed by atoms with Crippen molar-refractivity contribution in [2.24, 2.45) is 0 Å². The van der Waals surface area contributed by atoms with Crippen LogP contribution in [0.5, 0.6) is 0 Å². The quantitative estimate of drug-likeness (QED) is 0.864. The summed E-state index contributed by atoms with van der Waals surface area (Å²) in [5, 5.41) is 9.16. The first-order valence-electron chi connectivity index (χ1n) is 5.63. The van der Waals surface area contributed by atoms with Crippen molar-refractivity contribution in [2.45, 2.75) is 13.8 Å². The predicted molar refractivity (Wildman–Crippen MR) is 67.4 cm³/mol. The van der Waals surface area contributed by atoms with E-state index in [0.29, 0.717) is 16.8 Å². The number of Topliss-reactive ketones (excluding diaryl/α,β-unsaturated/α-hetero) is 1. The van der Waals surface area contributed by atoms with Gasteiger partial charge in [-0.1, -0.05) is 0 Å². The lowest BCUT2D eigenvalue weighted by molar-refractivity contribution is 0.0688. The molecule has 0 fully saturated rings. The fourth-order valence-corrected chi connectivity index (χ4v) is 1.91. The van der Waals surface area contributed by atoms with Gasteiger partial charge in [0.2, 0.25) is 0 Å². The molecule has 0 saturated heterocycles. The summed E-state index contributed by atoms with van der Waals surface area (Å²) in [4.78, 5) is 22.5. The number of ketones is 1. The largest absolute Gasteiger partial charge is 0.477 e. The molecule has 2 rings (SSSR count). The van der Waals surface area contributed by atoms with Gasteiger partial charge in [0.25, 0.3) is 0 Å². The van der Waals surface area contributed by atoms with Gasteiger partial charge in [0, 0.05) is 17.4 Å². The highest BCUT2D eigenvalue weighted by molar-refractivity contribution is 5.97. The molecule has 0 radical (unpaired) electrons. The molecule has 0 spiro atoms. The Labute approximate surface area is 109 Å². The molecule has 0 aliphatic heterocycles. The van der Waals surface area contributed by atoms with Gasteiger partial charge in [-0.25, -0.2) is 9.18 Å². The van der Waals surface area contributed by atoms with Crippen molar-refractivity contribution in [3.63, 3.8) is 0 Å². The molecule has 0 atom stereocenters. The lowest BCUT2D eigenvalue weighted by atomic mass is 10.2. The van der Waals surface area contributed by atoms with Crippen molar-refractivity contribution >= 4 is 11.8 Å². The summed E-state index contributed by atoms with van der Waals surface area (Å²) < 4.78 is 14.5. The molecule has 0 saturated carbocycles. The number of carboxylic acids is 1. The Balaban J connectivity index is 2.66. The van der Waals surface area contributed by atoms with E-state index in [0.717, 1.165) is 0 Å². The Morgan fingerprint density at radius 3 is 2.47 bits per heavy atom. The van der Waals surface area contributed by atoms with E-state index in [4.69, 9.17) is 5.11 Å². The van der Waals surface area contributed by atoms with Crippen LogP contribution in [0.15, 0.2) is 30.5 Å². The second kappa shape index (κ2) is 4.68. The summed E-state index contributed by atoms with van der Waals surface area (Å²) in [6.07, 6.45) is 1.45. The Kier molecular flexibility index (Phi) is 3.21. The van der Waals surface area contributed by atoms with Crippen molar-refractivity contribution in [2.75, 3.05) is 0 Å². The normalized spacial score (nSPS) is 10.5. The van der Waals surface area contributed by atoms with Crippen molar-refractivity contribution in [1.29, 1.82) is 0 Å². The van der Waals surface area contributed by atoms with E-state index in [1.165, 1.54) is 42.0 Å². The molecule has 5 heteroatoms. The van der Waals surface area contributed by atoms with Crippen molar-refractivity contribution in [3.05, 3.63) is 53.1 Å². The molecule has 19 heavy (non-hydrogen) atoms. The zero-order valence-corrected chi connectivity index (χ0v) is 10.5. The van der Waals surface area contributed by atoms with Crippen LogP contribution in [-0.2, 0) is 0 Å². The summed E-state index contributed by atoms with van der Waals surface area (Å²) in [5.74, 6) is -1.76. The first-order chi connectivity index (χ1) is 8.90. The van der Waals surface area contributed by atoms with E-state index in [-0.39, 0.29) is 11.5 Å². The monoisotopic (exact) mass is 261 g/mol. The molecular weight excluding hydrogens is 249 g/mol. The number of rotatable bonds is 3. The number of aryl methyl sites for hydroxylation is 1. The van der Waals surface area contributed by atoms with Crippen LogP contribution in [0.3, 0.4) is 0 Å². The van der Waals surface area contributed by atoms with E-state index in [1.54, 1.807) is 6.92 Å². The zero-order valence-electron chi connectivity index (χ0n) is 10.5. The molecule has 2 aromatic rings. The fraction of sp³-hybridized carbons (Fsp3) is 0.143. The van der Waals surface area contributed by atoms with E-state index in [9.17, 15) is 14.0 Å². The van der Waals surface area contributed by atoms with E-state index >= 15 is 0 Å². The molecule has 0 aliphatic rings. The maximum absolute atomic E-state index is 13.1. The average Bonchev–Trinajstić information content (AvgIpc) is 2.73. The highest BCUT2D eigenvalue weighted by Crippen LogP contribution is 2.20. The van der Waals surface area contributed by atoms with Crippen LogP contribution >= 0.6 is 0 Å².